The lowest BCUT2D eigenvalue weighted by atomic mass is 9.79. The van der Waals surface area contributed by atoms with Gasteiger partial charge in [0.1, 0.15) is 5.82 Å². The summed E-state index contributed by atoms with van der Waals surface area (Å²) in [5, 5.41) is 3.09. The van der Waals surface area contributed by atoms with Crippen molar-refractivity contribution in [2.24, 2.45) is 11.1 Å². The third kappa shape index (κ3) is 2.88. The van der Waals surface area contributed by atoms with Gasteiger partial charge in [-0.3, -0.25) is 4.79 Å². The van der Waals surface area contributed by atoms with Crippen LogP contribution in [0.25, 0.3) is 0 Å². The number of benzene rings is 1. The van der Waals surface area contributed by atoms with Crippen LogP contribution in [-0.2, 0) is 14.9 Å². The average Bonchev–Trinajstić information content (AvgIpc) is 3.35. The summed E-state index contributed by atoms with van der Waals surface area (Å²) in [5.41, 5.74) is 6.45. The number of hydrogen-bond acceptors (Lipinski definition) is 3. The molecule has 0 atom stereocenters. The zero-order valence-corrected chi connectivity index (χ0v) is 12.7. The van der Waals surface area contributed by atoms with Crippen molar-refractivity contribution in [3.05, 3.63) is 35.6 Å². The third-order valence-corrected chi connectivity index (χ3v) is 5.22. The smallest absolute Gasteiger partial charge is 0.227 e. The van der Waals surface area contributed by atoms with Crippen molar-refractivity contribution in [2.45, 2.75) is 31.1 Å². The second-order valence-corrected chi connectivity index (χ2v) is 6.57. The second kappa shape index (κ2) is 5.97. The van der Waals surface area contributed by atoms with Crippen LogP contribution in [-0.4, -0.2) is 32.2 Å². The highest BCUT2D eigenvalue weighted by Gasteiger charge is 2.46. The Labute approximate surface area is 130 Å². The van der Waals surface area contributed by atoms with Gasteiger partial charge in [-0.1, -0.05) is 12.1 Å². The van der Waals surface area contributed by atoms with Crippen molar-refractivity contribution in [1.82, 2.24) is 5.32 Å². The van der Waals surface area contributed by atoms with E-state index in [0.29, 0.717) is 39.1 Å². The summed E-state index contributed by atoms with van der Waals surface area (Å²) in [4.78, 5) is 12.6. The summed E-state index contributed by atoms with van der Waals surface area (Å²) in [6.45, 7) is 2.13. The van der Waals surface area contributed by atoms with Crippen LogP contribution in [0.3, 0.4) is 0 Å². The quantitative estimate of drug-likeness (QED) is 0.871. The van der Waals surface area contributed by atoms with Gasteiger partial charge in [-0.05, 0) is 43.4 Å². The molecule has 2 fully saturated rings. The number of nitrogens with two attached hydrogens (primary N) is 1. The molecule has 5 heteroatoms. The first-order valence-corrected chi connectivity index (χ1v) is 7.92. The van der Waals surface area contributed by atoms with E-state index in [0.717, 1.165) is 18.4 Å². The Hall–Kier alpha value is -1.46. The maximum absolute atomic E-state index is 13.1. The normalized spacial score (nSPS) is 22.1. The van der Waals surface area contributed by atoms with Crippen molar-refractivity contribution in [1.29, 1.82) is 0 Å². The SMILES string of the molecule is NCC1(C(=O)NCC2(c3ccc(F)cc3)CC2)CCOCC1. The predicted octanol–water partition coefficient (Wildman–Crippen LogP) is 1.73. The summed E-state index contributed by atoms with van der Waals surface area (Å²) >= 11 is 0. The molecule has 3 rings (SSSR count). The Morgan fingerprint density at radius 2 is 1.82 bits per heavy atom. The van der Waals surface area contributed by atoms with Gasteiger partial charge in [0.25, 0.3) is 0 Å². The molecule has 1 heterocycles. The fraction of sp³-hybridized carbons (Fsp3) is 0.588. The van der Waals surface area contributed by atoms with E-state index in [1.165, 1.54) is 12.1 Å². The third-order valence-electron chi connectivity index (χ3n) is 5.22. The highest BCUT2D eigenvalue weighted by molar-refractivity contribution is 5.83. The van der Waals surface area contributed by atoms with E-state index >= 15 is 0 Å². The van der Waals surface area contributed by atoms with Gasteiger partial charge >= 0.3 is 0 Å². The van der Waals surface area contributed by atoms with Crippen LogP contribution in [0.5, 0.6) is 0 Å². The van der Waals surface area contributed by atoms with Crippen LogP contribution in [0.15, 0.2) is 24.3 Å². The summed E-state index contributed by atoms with van der Waals surface area (Å²) in [6, 6.07) is 6.61. The molecule has 0 unspecified atom stereocenters. The van der Waals surface area contributed by atoms with Gasteiger partial charge in [-0.2, -0.15) is 0 Å². The van der Waals surface area contributed by atoms with Crippen LogP contribution >= 0.6 is 0 Å². The van der Waals surface area contributed by atoms with E-state index in [-0.39, 0.29) is 17.1 Å². The first-order chi connectivity index (χ1) is 10.6. The Bertz CT molecular complexity index is 534. The van der Waals surface area contributed by atoms with Gasteiger partial charge in [0.2, 0.25) is 5.91 Å². The molecule has 1 aliphatic carbocycles. The Morgan fingerprint density at radius 3 is 2.36 bits per heavy atom. The standard InChI is InChI=1S/C17H23FN2O2/c18-14-3-1-13(2-4-14)17(5-6-17)12-20-15(21)16(11-19)7-9-22-10-8-16/h1-4H,5-12,19H2,(H,20,21). The molecule has 22 heavy (non-hydrogen) atoms. The summed E-state index contributed by atoms with van der Waals surface area (Å²) in [6.07, 6.45) is 3.41. The minimum Gasteiger partial charge on any atom is -0.381 e. The molecule has 0 aromatic heterocycles. The summed E-state index contributed by atoms with van der Waals surface area (Å²) in [7, 11) is 0. The Morgan fingerprint density at radius 1 is 1.18 bits per heavy atom. The number of halogens is 1. The number of amides is 1. The molecule has 1 aromatic carbocycles. The van der Waals surface area contributed by atoms with E-state index in [1.54, 1.807) is 0 Å². The number of carbonyl (C=O) groups is 1. The van der Waals surface area contributed by atoms with Gasteiger partial charge in [-0.25, -0.2) is 4.39 Å². The predicted molar refractivity (Wildman–Crippen MR) is 81.9 cm³/mol. The molecule has 1 saturated heterocycles. The van der Waals surface area contributed by atoms with Gasteiger partial charge < -0.3 is 15.8 Å². The monoisotopic (exact) mass is 306 g/mol. The van der Waals surface area contributed by atoms with E-state index < -0.39 is 5.41 Å². The van der Waals surface area contributed by atoms with Gasteiger partial charge in [0.15, 0.2) is 0 Å². The largest absolute Gasteiger partial charge is 0.381 e. The number of carbonyl (C=O) groups excluding carboxylic acids is 1. The highest BCUT2D eigenvalue weighted by Crippen LogP contribution is 2.47. The number of hydrogen-bond donors (Lipinski definition) is 2. The van der Waals surface area contributed by atoms with Gasteiger partial charge in [0, 0.05) is 31.7 Å². The van der Waals surface area contributed by atoms with E-state index in [9.17, 15) is 9.18 Å². The van der Waals surface area contributed by atoms with E-state index in [1.807, 2.05) is 12.1 Å². The molecule has 120 valence electrons. The van der Waals surface area contributed by atoms with Crippen molar-refractivity contribution < 1.29 is 13.9 Å². The highest BCUT2D eigenvalue weighted by atomic mass is 19.1. The lowest BCUT2D eigenvalue weighted by Crippen LogP contribution is -2.50. The molecule has 0 bridgehead atoms. The molecule has 1 aromatic rings. The van der Waals surface area contributed by atoms with Gasteiger partial charge in [-0.15, -0.1) is 0 Å². The fourth-order valence-corrected chi connectivity index (χ4v) is 3.24. The van der Waals surface area contributed by atoms with Crippen LogP contribution in [0.4, 0.5) is 4.39 Å². The molecule has 0 spiro atoms. The lowest BCUT2D eigenvalue weighted by molar-refractivity contribution is -0.136. The molecule has 2 aliphatic rings. The van der Waals surface area contributed by atoms with Gasteiger partial charge in [0.05, 0.1) is 5.41 Å². The zero-order chi connectivity index (χ0) is 15.6. The number of rotatable bonds is 5. The average molecular weight is 306 g/mol. The molecule has 0 radical (unpaired) electrons. The van der Waals surface area contributed by atoms with Crippen molar-refractivity contribution in [3.8, 4) is 0 Å². The van der Waals surface area contributed by atoms with Crippen LogP contribution in [0, 0.1) is 11.2 Å². The zero-order valence-electron chi connectivity index (χ0n) is 12.7. The van der Waals surface area contributed by atoms with Crippen LogP contribution in [0.1, 0.15) is 31.2 Å². The first-order valence-electron chi connectivity index (χ1n) is 7.92. The minimum atomic E-state index is -0.489. The van der Waals surface area contributed by atoms with Crippen molar-refractivity contribution in [2.75, 3.05) is 26.3 Å². The maximum atomic E-state index is 13.1. The molecular formula is C17H23FN2O2. The number of ether oxygens (including phenoxy) is 1. The van der Waals surface area contributed by atoms with E-state index in [2.05, 4.69) is 5.32 Å². The summed E-state index contributed by atoms with van der Waals surface area (Å²) < 4.78 is 18.4. The minimum absolute atomic E-state index is 0.0235. The molecule has 1 saturated carbocycles. The van der Waals surface area contributed by atoms with Crippen molar-refractivity contribution >= 4 is 5.91 Å². The van der Waals surface area contributed by atoms with Crippen LogP contribution < -0.4 is 11.1 Å². The molecular weight excluding hydrogens is 283 g/mol. The molecule has 4 nitrogen and oxygen atoms in total. The molecule has 1 aliphatic heterocycles. The molecule has 3 N–H and O–H groups in total. The van der Waals surface area contributed by atoms with E-state index in [4.69, 9.17) is 10.5 Å². The maximum Gasteiger partial charge on any atom is 0.227 e. The van der Waals surface area contributed by atoms with Crippen molar-refractivity contribution in [3.63, 3.8) is 0 Å². The first kappa shape index (κ1) is 15.4. The van der Waals surface area contributed by atoms with Crippen LogP contribution in [0.2, 0.25) is 0 Å². The summed E-state index contributed by atoms with van der Waals surface area (Å²) in [5.74, 6) is -0.195. The topological polar surface area (TPSA) is 64.4 Å². The number of nitrogens with one attached hydrogen (secondary N) is 1. The Balaban J connectivity index is 1.64. The second-order valence-electron chi connectivity index (χ2n) is 6.57. The molecule has 1 amide bonds. The Kier molecular flexibility index (Phi) is 4.19. The lowest BCUT2D eigenvalue weighted by Gasteiger charge is -2.35. The fourth-order valence-electron chi connectivity index (χ4n) is 3.24.